The molecule has 1 aromatic carbocycles. The molecule has 1 saturated heterocycles. The Labute approximate surface area is 201 Å². The summed E-state index contributed by atoms with van der Waals surface area (Å²) in [7, 11) is 1.63. The molecule has 3 aromatic rings. The summed E-state index contributed by atoms with van der Waals surface area (Å²) in [6.07, 6.45) is -1.88. The first kappa shape index (κ1) is 24.9. The highest BCUT2D eigenvalue weighted by Crippen LogP contribution is 2.28. The molecule has 0 spiro atoms. The molecule has 1 unspecified atom stereocenters. The molecular formula is C24H29F3N6O2. The highest BCUT2D eigenvalue weighted by Gasteiger charge is 2.37. The van der Waals surface area contributed by atoms with Gasteiger partial charge >= 0.3 is 6.18 Å². The number of rotatable bonds is 8. The number of amides is 1. The van der Waals surface area contributed by atoms with Crippen molar-refractivity contribution in [2.75, 3.05) is 26.7 Å². The number of nitrogens with one attached hydrogen (secondary N) is 1. The van der Waals surface area contributed by atoms with Crippen LogP contribution >= 0.6 is 0 Å². The Morgan fingerprint density at radius 3 is 2.63 bits per heavy atom. The highest BCUT2D eigenvalue weighted by atomic mass is 19.4. The quantitative estimate of drug-likeness (QED) is 0.519. The van der Waals surface area contributed by atoms with Crippen molar-refractivity contribution >= 4 is 11.7 Å². The number of carbonyl (C=O) groups is 1. The molecule has 3 heterocycles. The number of hydrogen-bond donors (Lipinski definition) is 1. The van der Waals surface area contributed by atoms with Crippen molar-refractivity contribution in [3.8, 4) is 5.75 Å². The van der Waals surface area contributed by atoms with E-state index in [9.17, 15) is 18.0 Å². The van der Waals surface area contributed by atoms with E-state index in [0.29, 0.717) is 29.9 Å². The largest absolute Gasteiger partial charge is 0.497 e. The van der Waals surface area contributed by atoms with Gasteiger partial charge in [-0.3, -0.25) is 9.69 Å². The second kappa shape index (κ2) is 10.2. The number of aryl methyl sites for hydroxylation is 2. The zero-order valence-corrected chi connectivity index (χ0v) is 20.0. The number of fused-ring (bicyclic) bond motifs is 1. The Bertz CT molecular complexity index is 1200. The van der Waals surface area contributed by atoms with Crippen LogP contribution in [0.2, 0.25) is 0 Å². The molecule has 0 saturated carbocycles. The minimum absolute atomic E-state index is 0.0361. The number of hydrogen-bond acceptors (Lipinski definition) is 6. The number of ether oxygens (including phenoxy) is 1. The standard InChI is InChI=1S/C24H29F3N6O2/c1-15-19(16(2)33-23(29-15)30-22(31-33)24(25,26)27)9-10-21(34)28-14-20(32-11-4-5-12-32)17-7-6-8-18(13-17)35-3/h6-8,13,20H,4-5,9-12,14H2,1-3H3,(H,28,34). The molecule has 1 fully saturated rings. The maximum Gasteiger partial charge on any atom is 0.453 e. The SMILES string of the molecule is COc1cccc(C(CNC(=O)CCc2c(C)nc3nc(C(F)(F)F)nn3c2C)N2CCCC2)c1. The molecule has 0 radical (unpaired) electrons. The maximum absolute atomic E-state index is 13.0. The summed E-state index contributed by atoms with van der Waals surface area (Å²) in [6.45, 7) is 5.77. The van der Waals surface area contributed by atoms with Gasteiger partial charge in [0.05, 0.1) is 13.2 Å². The second-order valence-corrected chi connectivity index (χ2v) is 8.75. The molecule has 0 bridgehead atoms. The first-order chi connectivity index (χ1) is 16.7. The fourth-order valence-electron chi connectivity index (χ4n) is 4.59. The average Bonchev–Trinajstić information content (AvgIpc) is 3.49. The van der Waals surface area contributed by atoms with E-state index < -0.39 is 12.0 Å². The van der Waals surface area contributed by atoms with Gasteiger partial charge in [0.1, 0.15) is 5.75 Å². The van der Waals surface area contributed by atoms with Crippen molar-refractivity contribution in [3.63, 3.8) is 0 Å². The van der Waals surface area contributed by atoms with Crippen molar-refractivity contribution in [1.82, 2.24) is 29.8 Å². The Hall–Kier alpha value is -3.21. The summed E-state index contributed by atoms with van der Waals surface area (Å²) >= 11 is 0. The van der Waals surface area contributed by atoms with Gasteiger partial charge in [0.15, 0.2) is 0 Å². The summed E-state index contributed by atoms with van der Waals surface area (Å²) in [5.74, 6) is -0.695. The number of alkyl halides is 3. The van der Waals surface area contributed by atoms with Gasteiger partial charge in [0.25, 0.3) is 11.6 Å². The fourth-order valence-corrected chi connectivity index (χ4v) is 4.59. The molecule has 2 aromatic heterocycles. The number of aromatic nitrogens is 4. The Balaban J connectivity index is 1.44. The molecule has 35 heavy (non-hydrogen) atoms. The summed E-state index contributed by atoms with van der Waals surface area (Å²) in [5, 5.41) is 6.61. The lowest BCUT2D eigenvalue weighted by atomic mass is 10.0. The third-order valence-corrected chi connectivity index (χ3v) is 6.46. The molecule has 11 heteroatoms. The molecule has 1 amide bonds. The number of methoxy groups -OCH3 is 1. The lowest BCUT2D eigenvalue weighted by Crippen LogP contribution is -2.37. The average molecular weight is 491 g/mol. The van der Waals surface area contributed by atoms with Gasteiger partial charge in [-0.2, -0.15) is 18.2 Å². The molecule has 8 nitrogen and oxygen atoms in total. The van der Waals surface area contributed by atoms with E-state index in [1.807, 2.05) is 24.3 Å². The van der Waals surface area contributed by atoms with E-state index >= 15 is 0 Å². The molecule has 0 aliphatic carbocycles. The molecule has 1 atom stereocenters. The fraction of sp³-hybridized carbons (Fsp3) is 0.500. The second-order valence-electron chi connectivity index (χ2n) is 8.75. The third-order valence-electron chi connectivity index (χ3n) is 6.46. The summed E-state index contributed by atoms with van der Waals surface area (Å²) < 4.78 is 45.5. The highest BCUT2D eigenvalue weighted by molar-refractivity contribution is 5.76. The van der Waals surface area contributed by atoms with E-state index in [0.717, 1.165) is 41.8 Å². The van der Waals surface area contributed by atoms with Crippen LogP contribution in [0.25, 0.3) is 5.78 Å². The topological polar surface area (TPSA) is 84.6 Å². The zero-order chi connectivity index (χ0) is 25.2. The normalized spacial score (nSPS) is 15.5. The number of benzene rings is 1. The van der Waals surface area contributed by atoms with Crippen molar-refractivity contribution in [1.29, 1.82) is 0 Å². The van der Waals surface area contributed by atoms with E-state index in [1.165, 1.54) is 0 Å². The van der Waals surface area contributed by atoms with E-state index in [2.05, 4.69) is 25.3 Å². The van der Waals surface area contributed by atoms with Gasteiger partial charge in [-0.05, 0) is 69.5 Å². The molecule has 1 N–H and O–H groups in total. The van der Waals surface area contributed by atoms with Crippen LogP contribution in [0.15, 0.2) is 24.3 Å². The number of halogens is 3. The number of carbonyl (C=O) groups excluding carboxylic acids is 1. The Morgan fingerprint density at radius 1 is 1.20 bits per heavy atom. The van der Waals surface area contributed by atoms with Crippen LogP contribution in [0, 0.1) is 13.8 Å². The smallest absolute Gasteiger partial charge is 0.453 e. The van der Waals surface area contributed by atoms with Crippen LogP contribution in [0.3, 0.4) is 0 Å². The number of likely N-dealkylation sites (tertiary alicyclic amines) is 1. The van der Waals surface area contributed by atoms with Crippen molar-refractivity contribution < 1.29 is 22.7 Å². The third kappa shape index (κ3) is 5.55. The molecule has 1 aliphatic heterocycles. The lowest BCUT2D eigenvalue weighted by Gasteiger charge is -2.28. The van der Waals surface area contributed by atoms with Crippen LogP contribution in [0.1, 0.15) is 53.6 Å². The van der Waals surface area contributed by atoms with Crippen molar-refractivity contribution in [2.24, 2.45) is 0 Å². The van der Waals surface area contributed by atoms with Gasteiger partial charge < -0.3 is 10.1 Å². The predicted molar refractivity (Wildman–Crippen MR) is 123 cm³/mol. The van der Waals surface area contributed by atoms with E-state index in [-0.39, 0.29) is 24.1 Å². The first-order valence-electron chi connectivity index (χ1n) is 11.6. The van der Waals surface area contributed by atoms with Gasteiger partial charge in [0, 0.05) is 24.4 Å². The van der Waals surface area contributed by atoms with Crippen LogP contribution in [-0.2, 0) is 17.4 Å². The molecule has 188 valence electrons. The van der Waals surface area contributed by atoms with Gasteiger partial charge in [-0.1, -0.05) is 12.1 Å². The monoisotopic (exact) mass is 490 g/mol. The van der Waals surface area contributed by atoms with Crippen molar-refractivity contribution in [3.05, 3.63) is 52.6 Å². The van der Waals surface area contributed by atoms with Gasteiger partial charge in [-0.15, -0.1) is 5.10 Å². The van der Waals surface area contributed by atoms with Crippen LogP contribution < -0.4 is 10.1 Å². The van der Waals surface area contributed by atoms with Crippen molar-refractivity contribution in [2.45, 2.75) is 51.7 Å². The van der Waals surface area contributed by atoms with Crippen LogP contribution in [-0.4, -0.2) is 57.1 Å². The van der Waals surface area contributed by atoms with Crippen LogP contribution in [0.4, 0.5) is 13.2 Å². The molecule has 1 aliphatic rings. The summed E-state index contributed by atoms with van der Waals surface area (Å²) in [6, 6.07) is 7.91. The lowest BCUT2D eigenvalue weighted by molar-refractivity contribution is -0.144. The molecular weight excluding hydrogens is 461 g/mol. The molecule has 4 rings (SSSR count). The van der Waals surface area contributed by atoms with E-state index in [4.69, 9.17) is 4.74 Å². The minimum atomic E-state index is -4.65. The van der Waals surface area contributed by atoms with E-state index in [1.54, 1.807) is 21.0 Å². The first-order valence-corrected chi connectivity index (χ1v) is 11.6. The van der Waals surface area contributed by atoms with Gasteiger partial charge in [-0.25, -0.2) is 9.50 Å². The van der Waals surface area contributed by atoms with Crippen LogP contribution in [0.5, 0.6) is 5.75 Å². The number of nitrogens with zero attached hydrogens (tertiary/aromatic N) is 5. The maximum atomic E-state index is 13.0. The summed E-state index contributed by atoms with van der Waals surface area (Å²) in [4.78, 5) is 22.8. The zero-order valence-electron chi connectivity index (χ0n) is 20.0. The van der Waals surface area contributed by atoms with Gasteiger partial charge in [0.2, 0.25) is 5.91 Å². The Kier molecular flexibility index (Phi) is 7.25. The Morgan fingerprint density at radius 2 is 1.94 bits per heavy atom. The predicted octanol–water partition coefficient (Wildman–Crippen LogP) is 3.65. The minimum Gasteiger partial charge on any atom is -0.497 e. The summed E-state index contributed by atoms with van der Waals surface area (Å²) in [5.41, 5.74) is 2.81.